The van der Waals surface area contributed by atoms with E-state index in [-0.39, 0.29) is 35.3 Å². The topological polar surface area (TPSA) is 107 Å². The lowest BCUT2D eigenvalue weighted by Crippen LogP contribution is -2.64. The van der Waals surface area contributed by atoms with Crippen LogP contribution < -0.4 is 20.1 Å². The number of rotatable bonds is 13. The van der Waals surface area contributed by atoms with Crippen molar-refractivity contribution in [3.8, 4) is 28.4 Å². The minimum atomic E-state index is -1.07. The van der Waals surface area contributed by atoms with Crippen LogP contribution in [-0.2, 0) is 9.53 Å². The fourth-order valence-electron chi connectivity index (χ4n) is 8.87. The predicted molar refractivity (Wildman–Crippen MR) is 196 cm³/mol. The molecule has 2 N–H and O–H groups in total. The third kappa shape index (κ3) is 6.71. The van der Waals surface area contributed by atoms with Crippen molar-refractivity contribution < 1.29 is 23.8 Å². The highest BCUT2D eigenvalue weighted by Gasteiger charge is 2.67. The monoisotopic (exact) mass is 685 g/mol. The molecule has 2 aromatic carbocycles. The van der Waals surface area contributed by atoms with Crippen LogP contribution in [0.15, 0.2) is 42.5 Å². The Kier molecular flexibility index (Phi) is 9.96. The lowest BCUT2D eigenvalue weighted by molar-refractivity contribution is -0.168. The molecule has 10 heteroatoms. The Balaban J connectivity index is 1.44. The van der Waals surface area contributed by atoms with Crippen molar-refractivity contribution in [2.45, 2.75) is 83.8 Å². The van der Waals surface area contributed by atoms with Gasteiger partial charge in [0.1, 0.15) is 22.6 Å². The molecule has 0 spiro atoms. The number of amides is 1. The van der Waals surface area contributed by atoms with Gasteiger partial charge in [-0.05, 0) is 145 Å². The molecular formula is C40H55N5O5. The summed E-state index contributed by atoms with van der Waals surface area (Å²) in [5, 5.41) is 11.9. The van der Waals surface area contributed by atoms with Gasteiger partial charge >= 0.3 is 5.97 Å². The summed E-state index contributed by atoms with van der Waals surface area (Å²) >= 11 is 0. The molecule has 4 saturated carbocycles. The molecule has 0 aliphatic heterocycles. The first-order chi connectivity index (χ1) is 23.7. The summed E-state index contributed by atoms with van der Waals surface area (Å²) in [4.78, 5) is 30.9. The summed E-state index contributed by atoms with van der Waals surface area (Å²) in [5.74, 6) is 1.78. The van der Waals surface area contributed by atoms with E-state index in [0.29, 0.717) is 34.6 Å². The fourth-order valence-corrected chi connectivity index (χ4v) is 8.87. The standard InChI is InChI=1S/C40H55N5O5/c1-24(2)29-22-28(41-16-11-17-44(6)7)14-15-32(29)45-33(36-34(48-8)12-10-13-35(36)49-9)23-31(43-45)37(46)42-40(38(47)50-39(3,4)5)27-19-25-18-26(21-27)30(40)20-25/h10,12-15,22-27,30,41H,11,16-21H2,1-9H3,(H,42,46). The Morgan fingerprint density at radius 3 is 2.36 bits per heavy atom. The van der Waals surface area contributed by atoms with Gasteiger partial charge in [-0.25, -0.2) is 9.48 Å². The summed E-state index contributed by atoms with van der Waals surface area (Å²) in [6.45, 7) is 11.8. The first kappa shape index (κ1) is 35.8. The molecular weight excluding hydrogens is 630 g/mol. The zero-order valence-corrected chi connectivity index (χ0v) is 31.3. The second-order valence-electron chi connectivity index (χ2n) is 16.1. The molecule has 4 fully saturated rings. The van der Waals surface area contributed by atoms with Crippen LogP contribution in [0, 0.1) is 23.7 Å². The van der Waals surface area contributed by atoms with Gasteiger partial charge in [0.2, 0.25) is 0 Å². The Morgan fingerprint density at radius 2 is 1.74 bits per heavy atom. The first-order valence-electron chi connectivity index (χ1n) is 18.2. The largest absolute Gasteiger partial charge is 0.496 e. The second kappa shape index (κ2) is 13.9. The molecule has 5 atom stereocenters. The van der Waals surface area contributed by atoms with E-state index in [0.717, 1.165) is 62.1 Å². The molecule has 270 valence electrons. The van der Waals surface area contributed by atoms with E-state index in [1.165, 1.54) is 0 Å². The van der Waals surface area contributed by atoms with Crippen LogP contribution in [-0.4, -0.2) is 79.1 Å². The van der Waals surface area contributed by atoms with Gasteiger partial charge < -0.3 is 29.7 Å². The van der Waals surface area contributed by atoms with Crippen LogP contribution in [0.3, 0.4) is 0 Å². The summed E-state index contributed by atoms with van der Waals surface area (Å²) in [5.41, 5.74) is 2.76. The number of aromatic nitrogens is 2. The van der Waals surface area contributed by atoms with E-state index in [9.17, 15) is 9.59 Å². The minimum absolute atomic E-state index is 0.0463. The number of nitrogens with zero attached hydrogens (tertiary/aromatic N) is 3. The Labute approximate surface area is 297 Å². The van der Waals surface area contributed by atoms with Crippen LogP contribution in [0.25, 0.3) is 16.9 Å². The van der Waals surface area contributed by atoms with Crippen molar-refractivity contribution >= 4 is 17.6 Å². The maximum atomic E-state index is 14.6. The highest BCUT2D eigenvalue weighted by molar-refractivity contribution is 5.99. The third-order valence-electron chi connectivity index (χ3n) is 10.9. The van der Waals surface area contributed by atoms with E-state index >= 15 is 0 Å². The van der Waals surface area contributed by atoms with E-state index in [1.807, 2.05) is 43.7 Å². The molecule has 1 heterocycles. The summed E-state index contributed by atoms with van der Waals surface area (Å²) < 4.78 is 19.6. The Hall–Kier alpha value is -4.05. The molecule has 1 amide bonds. The number of anilines is 1. The number of benzene rings is 2. The molecule has 3 aromatic rings. The van der Waals surface area contributed by atoms with E-state index < -0.39 is 11.1 Å². The molecule has 7 rings (SSSR count). The number of hydrogen-bond acceptors (Lipinski definition) is 8. The lowest BCUT2D eigenvalue weighted by Gasteiger charge is -2.43. The molecule has 4 bridgehead atoms. The Bertz CT molecular complexity index is 1700. The maximum absolute atomic E-state index is 14.6. The van der Waals surface area contributed by atoms with E-state index in [4.69, 9.17) is 19.3 Å². The van der Waals surface area contributed by atoms with Gasteiger partial charge in [-0.2, -0.15) is 5.10 Å². The van der Waals surface area contributed by atoms with Gasteiger partial charge in [-0.3, -0.25) is 4.79 Å². The summed E-state index contributed by atoms with van der Waals surface area (Å²) in [6, 6.07) is 13.7. The van der Waals surface area contributed by atoms with Gasteiger partial charge in [0.15, 0.2) is 5.69 Å². The molecule has 50 heavy (non-hydrogen) atoms. The lowest BCUT2D eigenvalue weighted by atomic mass is 9.69. The van der Waals surface area contributed by atoms with Crippen molar-refractivity contribution in [1.29, 1.82) is 0 Å². The van der Waals surface area contributed by atoms with Crippen LogP contribution in [0.4, 0.5) is 5.69 Å². The van der Waals surface area contributed by atoms with Crippen LogP contribution >= 0.6 is 0 Å². The van der Waals surface area contributed by atoms with Gasteiger partial charge in [-0.1, -0.05) is 19.9 Å². The first-order valence-corrected chi connectivity index (χ1v) is 18.2. The number of hydrogen-bond donors (Lipinski definition) is 2. The molecule has 10 nitrogen and oxygen atoms in total. The molecule has 4 aliphatic rings. The zero-order chi connectivity index (χ0) is 36.0. The van der Waals surface area contributed by atoms with Crippen LogP contribution in [0.1, 0.15) is 88.7 Å². The normalized spacial score (nSPS) is 23.8. The fraction of sp³-hybridized carbons (Fsp3) is 0.575. The van der Waals surface area contributed by atoms with Crippen molar-refractivity contribution in [2.75, 3.05) is 46.7 Å². The van der Waals surface area contributed by atoms with Crippen molar-refractivity contribution in [3.63, 3.8) is 0 Å². The quantitative estimate of drug-likeness (QED) is 0.148. The zero-order valence-electron chi connectivity index (χ0n) is 31.3. The van der Waals surface area contributed by atoms with Gasteiger partial charge in [0.05, 0.1) is 31.2 Å². The Morgan fingerprint density at radius 1 is 1.02 bits per heavy atom. The second-order valence-corrected chi connectivity index (χ2v) is 16.1. The third-order valence-corrected chi connectivity index (χ3v) is 10.9. The van der Waals surface area contributed by atoms with Crippen LogP contribution in [0.2, 0.25) is 0 Å². The average Bonchev–Trinajstić information content (AvgIpc) is 3.69. The van der Waals surface area contributed by atoms with Crippen molar-refractivity contribution in [2.24, 2.45) is 23.7 Å². The number of nitrogens with one attached hydrogen (secondary N) is 2. The summed E-state index contributed by atoms with van der Waals surface area (Å²) in [6.07, 6.45) is 4.94. The van der Waals surface area contributed by atoms with E-state index in [2.05, 4.69) is 61.7 Å². The van der Waals surface area contributed by atoms with Gasteiger partial charge in [-0.15, -0.1) is 0 Å². The van der Waals surface area contributed by atoms with Crippen molar-refractivity contribution in [3.05, 3.63) is 53.7 Å². The molecule has 0 saturated heterocycles. The summed E-state index contributed by atoms with van der Waals surface area (Å²) in [7, 11) is 7.41. The highest BCUT2D eigenvalue weighted by Crippen LogP contribution is 2.63. The highest BCUT2D eigenvalue weighted by atomic mass is 16.6. The SMILES string of the molecule is COc1cccc(OC)c1-c1cc(C(=O)NC2(C(=O)OC(C)(C)C)C3CC4CC(C3)C2C4)nn1-c1ccc(NCCCN(C)C)cc1C(C)C. The van der Waals surface area contributed by atoms with Gasteiger partial charge in [0.25, 0.3) is 5.91 Å². The smallest absolute Gasteiger partial charge is 0.332 e. The molecule has 5 unspecified atom stereocenters. The van der Waals surface area contributed by atoms with Gasteiger partial charge in [0, 0.05) is 12.2 Å². The number of ether oxygens (including phenoxy) is 3. The maximum Gasteiger partial charge on any atom is 0.332 e. The number of esters is 1. The molecule has 1 aromatic heterocycles. The molecule has 0 radical (unpaired) electrons. The number of carbonyl (C=O) groups is 2. The molecule has 4 aliphatic carbocycles. The minimum Gasteiger partial charge on any atom is -0.496 e. The average molecular weight is 686 g/mol. The predicted octanol–water partition coefficient (Wildman–Crippen LogP) is 6.92. The number of methoxy groups -OCH3 is 2. The van der Waals surface area contributed by atoms with E-state index in [1.54, 1.807) is 20.3 Å². The van der Waals surface area contributed by atoms with Crippen molar-refractivity contribution in [1.82, 2.24) is 20.0 Å². The van der Waals surface area contributed by atoms with Crippen LogP contribution in [0.5, 0.6) is 11.5 Å². The number of carbonyl (C=O) groups excluding carboxylic acids is 2.